The first kappa shape index (κ1) is 18.4. The predicted octanol–water partition coefficient (Wildman–Crippen LogP) is 6.86. The van der Waals surface area contributed by atoms with Crippen molar-refractivity contribution >= 4 is 0 Å². The summed E-state index contributed by atoms with van der Waals surface area (Å²) in [4.78, 5) is 0. The zero-order chi connectivity index (χ0) is 16.6. The number of allylic oxidation sites excluding steroid dienone is 11. The Morgan fingerprint density at radius 1 is 1.41 bits per heavy atom. The van der Waals surface area contributed by atoms with Crippen molar-refractivity contribution in [2.24, 2.45) is 11.3 Å². The first-order chi connectivity index (χ1) is 10.5. The summed E-state index contributed by atoms with van der Waals surface area (Å²) >= 11 is 0. The van der Waals surface area contributed by atoms with Gasteiger partial charge in [-0.15, -0.1) is 0 Å². The molecule has 1 heteroatoms. The Bertz CT molecular complexity index is 528. The van der Waals surface area contributed by atoms with Gasteiger partial charge in [0, 0.05) is 0 Å². The number of hydrogen-bond acceptors (Lipinski definition) is 0. The van der Waals surface area contributed by atoms with Gasteiger partial charge in [-0.3, -0.25) is 0 Å². The van der Waals surface area contributed by atoms with Crippen molar-refractivity contribution in [3.05, 3.63) is 72.2 Å². The van der Waals surface area contributed by atoms with Crippen molar-refractivity contribution in [2.75, 3.05) is 0 Å². The van der Waals surface area contributed by atoms with Gasteiger partial charge >= 0.3 is 0 Å². The number of rotatable bonds is 7. The molecular formula is C21H29F. The lowest BCUT2D eigenvalue weighted by atomic mass is 9.67. The van der Waals surface area contributed by atoms with Crippen LogP contribution in [-0.4, -0.2) is 0 Å². The van der Waals surface area contributed by atoms with E-state index in [1.165, 1.54) is 17.7 Å². The third-order valence-electron chi connectivity index (χ3n) is 4.54. The topological polar surface area (TPSA) is 0 Å². The van der Waals surface area contributed by atoms with Crippen LogP contribution in [0.5, 0.6) is 0 Å². The van der Waals surface area contributed by atoms with E-state index >= 15 is 0 Å². The largest absolute Gasteiger partial charge is 0.207 e. The Hall–Kier alpha value is -1.63. The minimum absolute atomic E-state index is 0.0997. The normalized spacial score (nSPS) is 22.1. The molecular weight excluding hydrogens is 271 g/mol. The second-order valence-corrected chi connectivity index (χ2v) is 6.04. The van der Waals surface area contributed by atoms with Gasteiger partial charge in [0.25, 0.3) is 0 Å². The van der Waals surface area contributed by atoms with Crippen molar-refractivity contribution in [1.29, 1.82) is 0 Å². The van der Waals surface area contributed by atoms with Gasteiger partial charge in [-0.2, -0.15) is 0 Å². The van der Waals surface area contributed by atoms with E-state index in [1.807, 2.05) is 0 Å². The Balaban J connectivity index is 3.07. The summed E-state index contributed by atoms with van der Waals surface area (Å²) in [7, 11) is 0. The van der Waals surface area contributed by atoms with Gasteiger partial charge < -0.3 is 0 Å². The molecule has 0 N–H and O–H groups in total. The van der Waals surface area contributed by atoms with Gasteiger partial charge in [0.05, 0.1) is 0 Å². The average molecular weight is 300 g/mol. The van der Waals surface area contributed by atoms with Crippen molar-refractivity contribution in [3.63, 3.8) is 0 Å². The second kappa shape index (κ2) is 8.73. The molecule has 1 aliphatic carbocycles. The predicted molar refractivity (Wildman–Crippen MR) is 96.3 cm³/mol. The molecule has 0 aliphatic heterocycles. The molecule has 0 aromatic carbocycles. The summed E-state index contributed by atoms with van der Waals surface area (Å²) in [5.74, 6) is 0.157. The van der Waals surface area contributed by atoms with Crippen LogP contribution in [0.15, 0.2) is 72.2 Å². The summed E-state index contributed by atoms with van der Waals surface area (Å²) in [6, 6.07) is 0. The molecule has 0 bridgehead atoms. The lowest BCUT2D eigenvalue weighted by Gasteiger charge is -2.37. The van der Waals surface area contributed by atoms with Crippen LogP contribution in [0.25, 0.3) is 0 Å². The Labute approximate surface area is 135 Å². The van der Waals surface area contributed by atoms with Crippen molar-refractivity contribution in [2.45, 2.75) is 47.0 Å². The van der Waals surface area contributed by atoms with Gasteiger partial charge in [0.1, 0.15) is 5.83 Å². The molecule has 2 unspecified atom stereocenters. The minimum atomic E-state index is -0.228. The molecule has 0 spiro atoms. The third-order valence-corrected chi connectivity index (χ3v) is 4.54. The Morgan fingerprint density at radius 2 is 2.14 bits per heavy atom. The maximum Gasteiger partial charge on any atom is 0.118 e. The van der Waals surface area contributed by atoms with Crippen LogP contribution in [-0.2, 0) is 0 Å². The van der Waals surface area contributed by atoms with Gasteiger partial charge in [-0.05, 0) is 54.7 Å². The SMILES string of the molecule is C=C(/C=C\C(F)=C/C)C1=CC=CCC1C(C)(C=CCC)CC. The van der Waals surface area contributed by atoms with E-state index in [1.54, 1.807) is 13.0 Å². The lowest BCUT2D eigenvalue weighted by Crippen LogP contribution is -2.27. The molecule has 1 aliphatic rings. The molecule has 2 atom stereocenters. The van der Waals surface area contributed by atoms with E-state index < -0.39 is 0 Å². The zero-order valence-corrected chi connectivity index (χ0v) is 14.4. The fourth-order valence-corrected chi connectivity index (χ4v) is 2.82. The Kier molecular flexibility index (Phi) is 7.31. The molecule has 22 heavy (non-hydrogen) atoms. The maximum atomic E-state index is 13.3. The highest BCUT2D eigenvalue weighted by atomic mass is 19.1. The molecule has 1 rings (SSSR count). The van der Waals surface area contributed by atoms with E-state index in [4.69, 9.17) is 0 Å². The lowest BCUT2D eigenvalue weighted by molar-refractivity contribution is 0.285. The first-order valence-electron chi connectivity index (χ1n) is 8.22. The van der Waals surface area contributed by atoms with Gasteiger partial charge in [-0.1, -0.05) is 69.9 Å². The van der Waals surface area contributed by atoms with E-state index in [2.05, 4.69) is 57.7 Å². The van der Waals surface area contributed by atoms with Crippen molar-refractivity contribution < 1.29 is 4.39 Å². The monoisotopic (exact) mass is 300 g/mol. The highest BCUT2D eigenvalue weighted by molar-refractivity contribution is 5.45. The fraction of sp³-hybridized carbons (Fsp3) is 0.429. The van der Waals surface area contributed by atoms with Crippen LogP contribution < -0.4 is 0 Å². The molecule has 0 nitrogen and oxygen atoms in total. The highest BCUT2D eigenvalue weighted by Crippen LogP contribution is 2.43. The van der Waals surface area contributed by atoms with Gasteiger partial charge in [-0.25, -0.2) is 4.39 Å². The fourth-order valence-electron chi connectivity index (χ4n) is 2.82. The van der Waals surface area contributed by atoms with Crippen LogP contribution in [0.2, 0.25) is 0 Å². The van der Waals surface area contributed by atoms with Crippen LogP contribution in [0.1, 0.15) is 47.0 Å². The molecule has 120 valence electrons. The zero-order valence-electron chi connectivity index (χ0n) is 14.4. The van der Waals surface area contributed by atoms with Crippen molar-refractivity contribution in [3.8, 4) is 0 Å². The van der Waals surface area contributed by atoms with Crippen molar-refractivity contribution in [1.82, 2.24) is 0 Å². The molecule has 0 amide bonds. The molecule has 0 aromatic rings. The summed E-state index contributed by atoms with van der Waals surface area (Å²) in [5.41, 5.74) is 2.21. The Morgan fingerprint density at radius 3 is 2.73 bits per heavy atom. The molecule has 0 radical (unpaired) electrons. The highest BCUT2D eigenvalue weighted by Gasteiger charge is 2.33. The molecule has 0 saturated heterocycles. The molecule has 0 aromatic heterocycles. The van der Waals surface area contributed by atoms with E-state index in [0.29, 0.717) is 5.92 Å². The van der Waals surface area contributed by atoms with Gasteiger partial charge in [0.15, 0.2) is 0 Å². The summed E-state index contributed by atoms with van der Waals surface area (Å²) in [6.07, 6.45) is 18.9. The minimum Gasteiger partial charge on any atom is -0.207 e. The van der Waals surface area contributed by atoms with Crippen LogP contribution in [0.4, 0.5) is 4.39 Å². The number of hydrogen-bond donors (Lipinski definition) is 0. The van der Waals surface area contributed by atoms with E-state index in [-0.39, 0.29) is 11.2 Å². The van der Waals surface area contributed by atoms with Crippen LogP contribution in [0.3, 0.4) is 0 Å². The second-order valence-electron chi connectivity index (χ2n) is 6.04. The van der Waals surface area contributed by atoms with E-state index in [9.17, 15) is 4.39 Å². The molecule has 0 fully saturated rings. The summed E-state index contributed by atoms with van der Waals surface area (Å²) in [5, 5.41) is 0. The summed E-state index contributed by atoms with van der Waals surface area (Å²) < 4.78 is 13.3. The smallest absolute Gasteiger partial charge is 0.118 e. The first-order valence-corrected chi connectivity index (χ1v) is 8.22. The molecule has 0 heterocycles. The third kappa shape index (κ3) is 4.69. The van der Waals surface area contributed by atoms with Crippen LogP contribution >= 0.6 is 0 Å². The maximum absolute atomic E-state index is 13.3. The summed E-state index contributed by atoms with van der Waals surface area (Å²) in [6.45, 7) is 12.5. The quantitative estimate of drug-likeness (QED) is 0.356. The average Bonchev–Trinajstić information content (AvgIpc) is 2.57. The molecule has 0 saturated carbocycles. The van der Waals surface area contributed by atoms with Crippen LogP contribution in [0, 0.1) is 11.3 Å². The number of halogens is 1. The standard InChI is InChI=1S/C21H29F/c1-6-9-16-21(5,8-3)20-13-11-10-12-19(20)17(4)14-15-18(22)7-2/h7,9-12,14-16,20H,4,6,8,13H2,1-3,5H3/b15-14-,16-9?,18-7+. The van der Waals surface area contributed by atoms with E-state index in [0.717, 1.165) is 24.8 Å². The van der Waals surface area contributed by atoms with Gasteiger partial charge in [0.2, 0.25) is 0 Å².